The van der Waals surface area contributed by atoms with Gasteiger partial charge in [0.1, 0.15) is 6.10 Å². The first kappa shape index (κ1) is 18.7. The number of hydrogen-bond donors (Lipinski definition) is 0. The Morgan fingerprint density at radius 1 is 1.14 bits per heavy atom. The van der Waals surface area contributed by atoms with Gasteiger partial charge in [-0.1, -0.05) is 12.8 Å². The van der Waals surface area contributed by atoms with Gasteiger partial charge in [-0.25, -0.2) is 8.78 Å². The zero-order valence-electron chi connectivity index (χ0n) is 12.3. The molecular weight excluding hydrogens is 308 g/mol. The maximum Gasteiger partial charge on any atom is 0.340 e. The second-order valence-electron chi connectivity index (χ2n) is 5.46. The highest BCUT2D eigenvalue weighted by molar-refractivity contribution is 5.77. The Kier molecular flexibility index (Phi) is 7.09. The number of esters is 2. The molecule has 0 bridgehead atoms. The zero-order valence-corrected chi connectivity index (χ0v) is 12.3. The molecule has 0 heterocycles. The van der Waals surface area contributed by atoms with E-state index in [1.54, 1.807) is 6.92 Å². The maximum absolute atomic E-state index is 12.5. The molecule has 0 saturated heterocycles. The van der Waals surface area contributed by atoms with E-state index in [2.05, 4.69) is 4.74 Å². The van der Waals surface area contributed by atoms with Gasteiger partial charge in [0.2, 0.25) is 0 Å². The summed E-state index contributed by atoms with van der Waals surface area (Å²) < 4.78 is 58.0. The molecule has 0 aromatic carbocycles. The Morgan fingerprint density at radius 2 is 1.68 bits per heavy atom. The van der Waals surface area contributed by atoms with E-state index >= 15 is 0 Å². The quantitative estimate of drug-likeness (QED) is 0.506. The average Bonchev–Trinajstić information content (AvgIpc) is 2.97. The van der Waals surface area contributed by atoms with Crippen molar-refractivity contribution in [2.24, 2.45) is 5.92 Å². The van der Waals surface area contributed by atoms with E-state index in [-0.39, 0.29) is 12.5 Å². The topological polar surface area (TPSA) is 52.6 Å². The van der Waals surface area contributed by atoms with Gasteiger partial charge in [0.15, 0.2) is 6.61 Å². The van der Waals surface area contributed by atoms with Crippen molar-refractivity contribution in [3.05, 3.63) is 0 Å². The molecule has 0 aliphatic heterocycles. The average molecular weight is 328 g/mol. The molecule has 1 rings (SSSR count). The van der Waals surface area contributed by atoms with Gasteiger partial charge in [-0.05, 0) is 25.7 Å². The van der Waals surface area contributed by atoms with Crippen LogP contribution in [0.3, 0.4) is 0 Å². The highest BCUT2D eigenvalue weighted by atomic mass is 19.3. The lowest BCUT2D eigenvalue weighted by atomic mass is 10.0. The molecule has 1 aliphatic rings. The Bertz CT molecular complexity index is 381. The molecule has 0 amide bonds. The third-order valence-electron chi connectivity index (χ3n) is 3.66. The molecule has 1 unspecified atom stereocenters. The number of carbonyl (C=O) groups is 2. The van der Waals surface area contributed by atoms with Crippen LogP contribution in [0.2, 0.25) is 0 Å². The molecule has 0 radical (unpaired) electrons. The molecule has 0 aromatic rings. The summed E-state index contributed by atoms with van der Waals surface area (Å²) in [5, 5.41) is 0. The van der Waals surface area contributed by atoms with Crippen molar-refractivity contribution in [2.45, 2.75) is 63.9 Å². The van der Waals surface area contributed by atoms with E-state index < -0.39 is 37.3 Å². The SMILES string of the molecule is CC(OC(=O)CCC(=O)OCC(F)(F)C(F)F)C1CCCC1. The number of halogens is 4. The predicted molar refractivity (Wildman–Crippen MR) is 68.7 cm³/mol. The lowest BCUT2D eigenvalue weighted by Crippen LogP contribution is -2.33. The molecule has 0 aromatic heterocycles. The number of rotatable bonds is 8. The molecule has 1 fully saturated rings. The van der Waals surface area contributed by atoms with Crippen molar-refractivity contribution >= 4 is 11.9 Å². The van der Waals surface area contributed by atoms with E-state index in [1.165, 1.54) is 0 Å². The van der Waals surface area contributed by atoms with Crippen molar-refractivity contribution in [1.29, 1.82) is 0 Å². The van der Waals surface area contributed by atoms with Crippen LogP contribution in [-0.4, -0.2) is 37.0 Å². The first-order valence-electron chi connectivity index (χ1n) is 7.23. The van der Waals surface area contributed by atoms with Crippen molar-refractivity contribution in [3.8, 4) is 0 Å². The fourth-order valence-electron chi connectivity index (χ4n) is 2.31. The maximum atomic E-state index is 12.5. The highest BCUT2D eigenvalue weighted by Crippen LogP contribution is 2.29. The second-order valence-corrected chi connectivity index (χ2v) is 5.46. The van der Waals surface area contributed by atoms with Crippen LogP contribution in [0.4, 0.5) is 17.6 Å². The largest absolute Gasteiger partial charge is 0.462 e. The van der Waals surface area contributed by atoms with Crippen molar-refractivity contribution < 1.29 is 36.6 Å². The molecular formula is C14H20F4O4. The van der Waals surface area contributed by atoms with E-state index in [0.29, 0.717) is 5.92 Å². The smallest absolute Gasteiger partial charge is 0.340 e. The van der Waals surface area contributed by atoms with Gasteiger partial charge in [0.25, 0.3) is 0 Å². The third-order valence-corrected chi connectivity index (χ3v) is 3.66. The third kappa shape index (κ3) is 6.19. The molecule has 22 heavy (non-hydrogen) atoms. The minimum Gasteiger partial charge on any atom is -0.462 e. The van der Waals surface area contributed by atoms with Gasteiger partial charge in [0, 0.05) is 0 Å². The van der Waals surface area contributed by atoms with Gasteiger partial charge in [-0.2, -0.15) is 8.78 Å². The van der Waals surface area contributed by atoms with Gasteiger partial charge >= 0.3 is 24.3 Å². The van der Waals surface area contributed by atoms with Gasteiger partial charge in [-0.3, -0.25) is 9.59 Å². The summed E-state index contributed by atoms with van der Waals surface area (Å²) >= 11 is 0. The minimum absolute atomic E-state index is 0.255. The van der Waals surface area contributed by atoms with Crippen LogP contribution in [0, 0.1) is 5.92 Å². The fraction of sp³-hybridized carbons (Fsp3) is 0.857. The summed E-state index contributed by atoms with van der Waals surface area (Å²) in [5.41, 5.74) is 0. The summed E-state index contributed by atoms with van der Waals surface area (Å²) in [7, 11) is 0. The van der Waals surface area contributed by atoms with Crippen molar-refractivity contribution in [3.63, 3.8) is 0 Å². The second kappa shape index (κ2) is 8.33. The van der Waals surface area contributed by atoms with Crippen LogP contribution in [0.15, 0.2) is 0 Å². The van der Waals surface area contributed by atoms with Crippen LogP contribution in [0.25, 0.3) is 0 Å². The van der Waals surface area contributed by atoms with Crippen LogP contribution < -0.4 is 0 Å². The first-order chi connectivity index (χ1) is 10.2. The number of hydrogen-bond acceptors (Lipinski definition) is 4. The molecule has 0 spiro atoms. The first-order valence-corrected chi connectivity index (χ1v) is 7.23. The summed E-state index contributed by atoms with van der Waals surface area (Å²) in [6, 6.07) is 0. The Hall–Kier alpha value is -1.34. The summed E-state index contributed by atoms with van der Waals surface area (Å²) in [6.07, 6.45) is -0.801. The number of alkyl halides is 4. The van der Waals surface area contributed by atoms with Crippen LogP contribution in [0.5, 0.6) is 0 Å². The Morgan fingerprint density at radius 3 is 2.23 bits per heavy atom. The monoisotopic (exact) mass is 328 g/mol. The van der Waals surface area contributed by atoms with E-state index in [0.717, 1.165) is 25.7 Å². The standard InChI is InChI=1S/C14H20F4O4/c1-9(10-4-2-3-5-10)22-12(20)7-6-11(19)21-8-14(17,18)13(15)16/h9-10,13H,2-8H2,1H3. The molecule has 0 N–H and O–H groups in total. The van der Waals surface area contributed by atoms with Crippen molar-refractivity contribution in [1.82, 2.24) is 0 Å². The number of ether oxygens (including phenoxy) is 2. The van der Waals surface area contributed by atoms with Crippen molar-refractivity contribution in [2.75, 3.05) is 6.61 Å². The fourth-order valence-corrected chi connectivity index (χ4v) is 2.31. The van der Waals surface area contributed by atoms with E-state index in [9.17, 15) is 27.2 Å². The molecule has 1 aliphatic carbocycles. The van der Waals surface area contributed by atoms with Gasteiger partial charge < -0.3 is 9.47 Å². The van der Waals surface area contributed by atoms with Gasteiger partial charge in [0.05, 0.1) is 12.8 Å². The number of carbonyl (C=O) groups excluding carboxylic acids is 2. The highest BCUT2D eigenvalue weighted by Gasteiger charge is 2.42. The lowest BCUT2D eigenvalue weighted by molar-refractivity contribution is -0.180. The normalized spacial score (nSPS) is 17.5. The Balaban J connectivity index is 2.21. The zero-order chi connectivity index (χ0) is 16.8. The lowest BCUT2D eigenvalue weighted by Gasteiger charge is -2.19. The van der Waals surface area contributed by atoms with E-state index in [4.69, 9.17) is 4.74 Å². The molecule has 4 nitrogen and oxygen atoms in total. The minimum atomic E-state index is -4.38. The Labute approximate surface area is 126 Å². The van der Waals surface area contributed by atoms with Crippen LogP contribution >= 0.6 is 0 Å². The molecule has 1 saturated carbocycles. The van der Waals surface area contributed by atoms with Crippen LogP contribution in [0.1, 0.15) is 45.4 Å². The molecule has 8 heteroatoms. The van der Waals surface area contributed by atoms with Crippen LogP contribution in [-0.2, 0) is 19.1 Å². The van der Waals surface area contributed by atoms with E-state index in [1.807, 2.05) is 0 Å². The molecule has 1 atom stereocenters. The summed E-state index contributed by atoms with van der Waals surface area (Å²) in [6.45, 7) is 0.0758. The summed E-state index contributed by atoms with van der Waals surface area (Å²) in [5.74, 6) is -5.84. The summed E-state index contributed by atoms with van der Waals surface area (Å²) in [4.78, 5) is 22.7. The molecule has 128 valence electrons. The predicted octanol–water partition coefficient (Wildman–Crippen LogP) is 3.33. The van der Waals surface area contributed by atoms with Gasteiger partial charge in [-0.15, -0.1) is 0 Å².